The summed E-state index contributed by atoms with van der Waals surface area (Å²) in [6, 6.07) is 0.396. The Morgan fingerprint density at radius 3 is 2.16 bits per heavy atom. The lowest BCUT2D eigenvalue weighted by atomic mass is 9.85. The molecule has 0 heterocycles. The number of nitrogens with two attached hydrogens (primary N) is 1. The second kappa shape index (κ2) is 6.71. The van der Waals surface area contributed by atoms with Gasteiger partial charge in [-0.3, -0.25) is 4.79 Å². The fraction of sp³-hybridized carbons (Fsp3) is 0.933. The summed E-state index contributed by atoms with van der Waals surface area (Å²) in [5, 5.41) is 3.51. The maximum Gasteiger partial charge on any atom is 0.237 e. The largest absolute Gasteiger partial charge is 0.379 e. The van der Waals surface area contributed by atoms with Gasteiger partial charge in [0.25, 0.3) is 0 Å². The van der Waals surface area contributed by atoms with E-state index in [0.717, 1.165) is 12.8 Å². The topological polar surface area (TPSA) is 64.3 Å². The third-order valence-electron chi connectivity index (χ3n) is 4.25. The van der Waals surface area contributed by atoms with E-state index in [-0.39, 0.29) is 11.5 Å². The van der Waals surface area contributed by atoms with Crippen LogP contribution in [0.2, 0.25) is 0 Å². The van der Waals surface area contributed by atoms with E-state index >= 15 is 0 Å². The predicted molar refractivity (Wildman–Crippen MR) is 77.9 cm³/mol. The normalized spacial score (nSPS) is 21.7. The molecule has 112 valence electrons. The van der Waals surface area contributed by atoms with Crippen LogP contribution in [0.3, 0.4) is 0 Å². The van der Waals surface area contributed by atoms with Gasteiger partial charge in [-0.05, 0) is 33.6 Å². The van der Waals surface area contributed by atoms with E-state index in [9.17, 15) is 4.79 Å². The average Bonchev–Trinajstić information content (AvgIpc) is 2.56. The van der Waals surface area contributed by atoms with Crippen molar-refractivity contribution in [1.29, 1.82) is 0 Å². The molecule has 1 amide bonds. The highest BCUT2D eigenvalue weighted by molar-refractivity contribution is 5.84. The highest BCUT2D eigenvalue weighted by Gasteiger charge is 2.38. The highest BCUT2D eigenvalue weighted by Crippen LogP contribution is 2.26. The maximum atomic E-state index is 11.9. The molecule has 1 atom stereocenters. The van der Waals surface area contributed by atoms with Crippen LogP contribution < -0.4 is 11.1 Å². The lowest BCUT2D eigenvalue weighted by Gasteiger charge is -2.38. The Morgan fingerprint density at radius 2 is 1.74 bits per heavy atom. The molecule has 0 saturated heterocycles. The number of amides is 1. The summed E-state index contributed by atoms with van der Waals surface area (Å²) in [5.74, 6) is -0.290. The molecule has 1 fully saturated rings. The zero-order chi connectivity index (χ0) is 14.5. The van der Waals surface area contributed by atoms with E-state index in [1.54, 1.807) is 7.11 Å². The first-order chi connectivity index (χ1) is 8.79. The number of carbonyl (C=O) groups is 1. The van der Waals surface area contributed by atoms with E-state index in [4.69, 9.17) is 10.5 Å². The van der Waals surface area contributed by atoms with Crippen molar-refractivity contribution in [1.82, 2.24) is 5.32 Å². The zero-order valence-corrected chi connectivity index (χ0v) is 12.9. The molecular formula is C15H30N2O2. The number of primary amides is 1. The van der Waals surface area contributed by atoms with Crippen LogP contribution in [0, 0.1) is 0 Å². The molecular weight excluding hydrogens is 240 g/mol. The van der Waals surface area contributed by atoms with E-state index in [2.05, 4.69) is 5.32 Å². The molecule has 19 heavy (non-hydrogen) atoms. The number of methoxy groups -OCH3 is 1. The molecule has 1 unspecified atom stereocenters. The Bertz CT molecular complexity index is 297. The van der Waals surface area contributed by atoms with Crippen LogP contribution in [0.5, 0.6) is 0 Å². The molecule has 0 radical (unpaired) electrons. The van der Waals surface area contributed by atoms with Gasteiger partial charge in [-0.25, -0.2) is 0 Å². The summed E-state index contributed by atoms with van der Waals surface area (Å²) in [6.45, 7) is 5.88. The van der Waals surface area contributed by atoms with Gasteiger partial charge in [0, 0.05) is 19.6 Å². The Morgan fingerprint density at radius 1 is 1.21 bits per heavy atom. The fourth-order valence-electron chi connectivity index (χ4n) is 3.01. The monoisotopic (exact) mass is 270 g/mol. The third kappa shape index (κ3) is 5.11. The second-order valence-electron chi connectivity index (χ2n) is 6.67. The van der Waals surface area contributed by atoms with Crippen LogP contribution in [-0.2, 0) is 9.53 Å². The van der Waals surface area contributed by atoms with Crippen molar-refractivity contribution in [3.63, 3.8) is 0 Å². The highest BCUT2D eigenvalue weighted by atomic mass is 16.5. The van der Waals surface area contributed by atoms with Gasteiger partial charge in [0.05, 0.1) is 11.1 Å². The van der Waals surface area contributed by atoms with Crippen LogP contribution in [0.25, 0.3) is 0 Å². The summed E-state index contributed by atoms with van der Waals surface area (Å²) in [7, 11) is 1.67. The van der Waals surface area contributed by atoms with Crippen molar-refractivity contribution in [3.8, 4) is 0 Å². The van der Waals surface area contributed by atoms with Crippen molar-refractivity contribution in [2.75, 3.05) is 7.11 Å². The van der Waals surface area contributed by atoms with Gasteiger partial charge >= 0.3 is 0 Å². The molecule has 0 aromatic heterocycles. The first-order valence-corrected chi connectivity index (χ1v) is 7.42. The third-order valence-corrected chi connectivity index (χ3v) is 4.25. The summed E-state index contributed by atoms with van der Waals surface area (Å²) >= 11 is 0. The number of nitrogens with one attached hydrogen (secondary N) is 1. The zero-order valence-electron chi connectivity index (χ0n) is 12.9. The number of rotatable bonds is 6. The summed E-state index contributed by atoms with van der Waals surface area (Å²) in [5.41, 5.74) is 4.57. The van der Waals surface area contributed by atoms with Gasteiger partial charge in [-0.2, -0.15) is 0 Å². The number of carbonyl (C=O) groups excluding carboxylic acids is 1. The van der Waals surface area contributed by atoms with Crippen LogP contribution in [-0.4, -0.2) is 30.2 Å². The van der Waals surface area contributed by atoms with Crippen molar-refractivity contribution in [2.45, 2.75) is 82.9 Å². The smallest absolute Gasteiger partial charge is 0.237 e. The summed E-state index contributed by atoms with van der Waals surface area (Å²) in [6.07, 6.45) is 7.93. The van der Waals surface area contributed by atoms with Crippen LogP contribution in [0.4, 0.5) is 0 Å². The van der Waals surface area contributed by atoms with E-state index in [1.165, 1.54) is 25.7 Å². The first kappa shape index (κ1) is 16.4. The molecule has 1 rings (SSSR count). The number of ether oxygens (including phenoxy) is 1. The second-order valence-corrected chi connectivity index (χ2v) is 6.67. The minimum absolute atomic E-state index is 0.290. The lowest BCUT2D eigenvalue weighted by molar-refractivity contribution is -0.127. The van der Waals surface area contributed by atoms with Gasteiger partial charge in [-0.1, -0.05) is 25.7 Å². The molecule has 0 bridgehead atoms. The number of hydrogen-bond acceptors (Lipinski definition) is 3. The van der Waals surface area contributed by atoms with Gasteiger partial charge in [0.2, 0.25) is 5.91 Å². The molecule has 0 spiro atoms. The molecule has 3 N–H and O–H groups in total. The molecule has 4 heteroatoms. The van der Waals surface area contributed by atoms with Crippen molar-refractivity contribution < 1.29 is 9.53 Å². The maximum absolute atomic E-state index is 11.9. The minimum Gasteiger partial charge on any atom is -0.379 e. The van der Waals surface area contributed by atoms with E-state index < -0.39 is 5.54 Å². The lowest BCUT2D eigenvalue weighted by Crippen LogP contribution is -2.59. The standard InChI is InChI=1S/C15H30N2O2/c1-14(2,19-4)11-15(3,13(16)18)17-12-9-7-5-6-8-10-12/h12,17H,5-11H2,1-4H3,(H2,16,18). The average molecular weight is 270 g/mol. The van der Waals surface area contributed by atoms with E-state index in [0.29, 0.717) is 12.5 Å². The quantitative estimate of drug-likeness (QED) is 0.728. The van der Waals surface area contributed by atoms with Crippen molar-refractivity contribution in [2.24, 2.45) is 5.73 Å². The van der Waals surface area contributed by atoms with Crippen LogP contribution >= 0.6 is 0 Å². The predicted octanol–water partition coefficient (Wildman–Crippen LogP) is 2.36. The molecule has 0 aromatic carbocycles. The fourth-order valence-corrected chi connectivity index (χ4v) is 3.01. The van der Waals surface area contributed by atoms with Gasteiger partial charge in [0.15, 0.2) is 0 Å². The molecule has 1 saturated carbocycles. The van der Waals surface area contributed by atoms with Crippen LogP contribution in [0.15, 0.2) is 0 Å². The molecule has 4 nitrogen and oxygen atoms in total. The minimum atomic E-state index is -0.700. The SMILES string of the molecule is COC(C)(C)CC(C)(NC1CCCCCC1)C(N)=O. The van der Waals surface area contributed by atoms with Crippen molar-refractivity contribution >= 4 is 5.91 Å². The molecule has 1 aliphatic rings. The van der Waals surface area contributed by atoms with Crippen molar-refractivity contribution in [3.05, 3.63) is 0 Å². The van der Waals surface area contributed by atoms with Crippen LogP contribution in [0.1, 0.15) is 65.7 Å². The molecule has 0 aromatic rings. The summed E-state index contributed by atoms with van der Waals surface area (Å²) < 4.78 is 5.45. The van der Waals surface area contributed by atoms with Gasteiger partial charge < -0.3 is 15.8 Å². The molecule has 1 aliphatic carbocycles. The summed E-state index contributed by atoms with van der Waals surface area (Å²) in [4.78, 5) is 11.9. The van der Waals surface area contributed by atoms with E-state index in [1.807, 2.05) is 20.8 Å². The molecule has 0 aliphatic heterocycles. The number of hydrogen-bond donors (Lipinski definition) is 2. The first-order valence-electron chi connectivity index (χ1n) is 7.42. The Balaban J connectivity index is 2.72. The Labute approximate surface area is 117 Å². The van der Waals surface area contributed by atoms with Gasteiger partial charge in [0.1, 0.15) is 0 Å². The van der Waals surface area contributed by atoms with Gasteiger partial charge in [-0.15, -0.1) is 0 Å². The Kier molecular flexibility index (Phi) is 5.81. The Hall–Kier alpha value is -0.610.